The fraction of sp³-hybridized carbons (Fsp3) is 0.273. The zero-order valence-electron chi connectivity index (χ0n) is 16.8. The first kappa shape index (κ1) is 21.0. The number of nitrogens with zero attached hydrogens (tertiary/aromatic N) is 2. The number of urea groups is 1. The van der Waals surface area contributed by atoms with Crippen LogP contribution in [0.1, 0.15) is 29.8 Å². The standard InChI is InChI=1S/C22H23N3O5/c1-15(2)25(18-6-4-3-5-7-18)20(27)14-30-21(28)17-10-8-16(9-11-17)13-24-19(26)12-23-22(24)29/h3-11,15H,12-14H2,1-2H3,(H,23,29). The molecule has 1 aliphatic heterocycles. The molecule has 0 aliphatic carbocycles. The highest BCUT2D eigenvalue weighted by Crippen LogP contribution is 2.17. The number of carbonyl (C=O) groups is 4. The summed E-state index contributed by atoms with van der Waals surface area (Å²) in [4.78, 5) is 50.9. The summed E-state index contributed by atoms with van der Waals surface area (Å²) in [6.45, 7) is 3.51. The molecule has 30 heavy (non-hydrogen) atoms. The van der Waals surface area contributed by atoms with Crippen molar-refractivity contribution in [2.45, 2.75) is 26.4 Å². The second kappa shape index (κ2) is 9.21. The first-order chi connectivity index (χ1) is 14.4. The number of hydrogen-bond acceptors (Lipinski definition) is 5. The SMILES string of the molecule is CC(C)N(C(=O)COC(=O)c1ccc(CN2C(=O)CNC2=O)cc1)c1ccccc1. The minimum Gasteiger partial charge on any atom is -0.452 e. The molecule has 0 spiro atoms. The van der Waals surface area contributed by atoms with Crippen LogP contribution in [-0.4, -0.2) is 47.9 Å². The molecule has 156 valence electrons. The van der Waals surface area contributed by atoms with E-state index >= 15 is 0 Å². The lowest BCUT2D eigenvalue weighted by Crippen LogP contribution is -2.39. The van der Waals surface area contributed by atoms with Gasteiger partial charge in [-0.3, -0.25) is 14.5 Å². The van der Waals surface area contributed by atoms with Crippen LogP contribution in [0.4, 0.5) is 10.5 Å². The lowest BCUT2D eigenvalue weighted by molar-refractivity contribution is -0.125. The molecule has 8 heteroatoms. The van der Waals surface area contributed by atoms with Crippen LogP contribution in [0.25, 0.3) is 0 Å². The van der Waals surface area contributed by atoms with Crippen LogP contribution in [0.5, 0.6) is 0 Å². The van der Waals surface area contributed by atoms with Gasteiger partial charge in [-0.15, -0.1) is 0 Å². The Hall–Kier alpha value is -3.68. The molecule has 1 saturated heterocycles. The quantitative estimate of drug-likeness (QED) is 0.559. The zero-order valence-corrected chi connectivity index (χ0v) is 16.8. The number of imide groups is 1. The molecule has 0 aromatic heterocycles. The van der Waals surface area contributed by atoms with Gasteiger partial charge in [-0.25, -0.2) is 9.59 Å². The van der Waals surface area contributed by atoms with E-state index in [-0.39, 0.29) is 43.1 Å². The maximum Gasteiger partial charge on any atom is 0.338 e. The smallest absolute Gasteiger partial charge is 0.338 e. The Morgan fingerprint density at radius 2 is 1.73 bits per heavy atom. The summed E-state index contributed by atoms with van der Waals surface area (Å²) in [5.74, 6) is -1.24. The van der Waals surface area contributed by atoms with Crippen LogP contribution in [0.15, 0.2) is 54.6 Å². The third-order valence-corrected chi connectivity index (χ3v) is 4.61. The van der Waals surface area contributed by atoms with Crippen LogP contribution in [0.2, 0.25) is 0 Å². The van der Waals surface area contributed by atoms with E-state index in [1.807, 2.05) is 44.2 Å². The van der Waals surface area contributed by atoms with Gasteiger partial charge in [0.25, 0.3) is 5.91 Å². The van der Waals surface area contributed by atoms with Gasteiger partial charge in [0.1, 0.15) is 0 Å². The van der Waals surface area contributed by atoms with Crippen molar-refractivity contribution in [2.24, 2.45) is 0 Å². The second-order valence-corrected chi connectivity index (χ2v) is 7.10. The van der Waals surface area contributed by atoms with Crippen molar-refractivity contribution in [3.8, 4) is 0 Å². The van der Waals surface area contributed by atoms with Crippen LogP contribution < -0.4 is 10.2 Å². The Bertz CT molecular complexity index is 925. The van der Waals surface area contributed by atoms with Gasteiger partial charge in [0.05, 0.1) is 18.7 Å². The number of esters is 1. The van der Waals surface area contributed by atoms with Crippen LogP contribution in [-0.2, 0) is 20.9 Å². The summed E-state index contributed by atoms with van der Waals surface area (Å²) in [7, 11) is 0. The molecular formula is C22H23N3O5. The maximum atomic E-state index is 12.6. The molecule has 0 unspecified atom stereocenters. The number of benzene rings is 2. The van der Waals surface area contributed by atoms with Gasteiger partial charge in [0.15, 0.2) is 6.61 Å². The number of amides is 4. The molecule has 1 aliphatic rings. The number of rotatable bonds is 7. The van der Waals surface area contributed by atoms with E-state index in [2.05, 4.69) is 5.32 Å². The molecule has 1 heterocycles. The molecule has 2 aromatic carbocycles. The monoisotopic (exact) mass is 409 g/mol. The summed E-state index contributed by atoms with van der Waals surface area (Å²) in [5, 5.41) is 2.45. The zero-order chi connectivity index (χ0) is 21.7. The van der Waals surface area contributed by atoms with Crippen molar-refractivity contribution in [1.29, 1.82) is 0 Å². The van der Waals surface area contributed by atoms with E-state index in [4.69, 9.17) is 4.74 Å². The highest BCUT2D eigenvalue weighted by molar-refractivity contribution is 6.02. The molecular weight excluding hydrogens is 386 g/mol. The predicted molar refractivity (Wildman–Crippen MR) is 110 cm³/mol. The lowest BCUT2D eigenvalue weighted by Gasteiger charge is -2.26. The van der Waals surface area contributed by atoms with E-state index in [1.54, 1.807) is 17.0 Å². The molecule has 0 radical (unpaired) electrons. The minimum atomic E-state index is -0.623. The fourth-order valence-electron chi connectivity index (χ4n) is 3.14. The van der Waals surface area contributed by atoms with Gasteiger partial charge in [-0.05, 0) is 43.7 Å². The Morgan fingerprint density at radius 3 is 2.30 bits per heavy atom. The lowest BCUT2D eigenvalue weighted by atomic mass is 10.1. The number of hydrogen-bond donors (Lipinski definition) is 1. The normalized spacial score (nSPS) is 13.4. The largest absolute Gasteiger partial charge is 0.452 e. The third-order valence-electron chi connectivity index (χ3n) is 4.61. The molecule has 4 amide bonds. The van der Waals surface area contributed by atoms with Crippen LogP contribution >= 0.6 is 0 Å². The van der Waals surface area contributed by atoms with Gasteiger partial charge < -0.3 is 15.0 Å². The Balaban J connectivity index is 1.58. The first-order valence-corrected chi connectivity index (χ1v) is 9.58. The molecule has 0 saturated carbocycles. The van der Waals surface area contributed by atoms with E-state index in [9.17, 15) is 19.2 Å². The minimum absolute atomic E-state index is 0.00630. The molecule has 2 aromatic rings. The molecule has 3 rings (SSSR count). The maximum absolute atomic E-state index is 12.6. The molecule has 8 nitrogen and oxygen atoms in total. The van der Waals surface area contributed by atoms with Gasteiger partial charge in [-0.2, -0.15) is 0 Å². The van der Waals surface area contributed by atoms with Gasteiger partial charge in [0, 0.05) is 11.7 Å². The van der Waals surface area contributed by atoms with Crippen molar-refractivity contribution in [3.05, 3.63) is 65.7 Å². The second-order valence-electron chi connectivity index (χ2n) is 7.10. The highest BCUT2D eigenvalue weighted by atomic mass is 16.5. The van der Waals surface area contributed by atoms with Gasteiger partial charge in [0.2, 0.25) is 5.91 Å². The Kier molecular flexibility index (Phi) is 6.46. The fourth-order valence-corrected chi connectivity index (χ4v) is 3.14. The average Bonchev–Trinajstić information content (AvgIpc) is 3.05. The summed E-state index contributed by atoms with van der Waals surface area (Å²) in [6.07, 6.45) is 0. The number of carbonyl (C=O) groups excluding carboxylic acids is 4. The average molecular weight is 409 g/mol. The Morgan fingerprint density at radius 1 is 1.07 bits per heavy atom. The van der Waals surface area contributed by atoms with E-state index < -0.39 is 12.0 Å². The third kappa shape index (κ3) is 4.83. The first-order valence-electron chi connectivity index (χ1n) is 9.58. The van der Waals surface area contributed by atoms with Crippen LogP contribution in [0, 0.1) is 0 Å². The number of nitrogens with one attached hydrogen (secondary N) is 1. The molecule has 1 fully saturated rings. The number of para-hydroxylation sites is 1. The van der Waals surface area contributed by atoms with Crippen molar-refractivity contribution in [2.75, 3.05) is 18.1 Å². The summed E-state index contributed by atoms with van der Waals surface area (Å²) in [5.41, 5.74) is 1.71. The van der Waals surface area contributed by atoms with Crippen LogP contribution in [0.3, 0.4) is 0 Å². The topological polar surface area (TPSA) is 96.0 Å². The van der Waals surface area contributed by atoms with Crippen molar-refractivity contribution < 1.29 is 23.9 Å². The molecule has 0 bridgehead atoms. The van der Waals surface area contributed by atoms with E-state index in [0.717, 1.165) is 10.6 Å². The van der Waals surface area contributed by atoms with Gasteiger partial charge in [-0.1, -0.05) is 30.3 Å². The van der Waals surface area contributed by atoms with Crippen molar-refractivity contribution in [3.63, 3.8) is 0 Å². The highest BCUT2D eigenvalue weighted by Gasteiger charge is 2.28. The van der Waals surface area contributed by atoms with E-state index in [0.29, 0.717) is 5.56 Å². The summed E-state index contributed by atoms with van der Waals surface area (Å²) >= 11 is 0. The van der Waals surface area contributed by atoms with E-state index in [1.165, 1.54) is 12.1 Å². The molecule has 0 atom stereocenters. The summed E-state index contributed by atoms with van der Waals surface area (Å²) in [6, 6.07) is 15.0. The predicted octanol–water partition coefficient (Wildman–Crippen LogP) is 2.34. The Labute approximate surface area is 174 Å². The molecule has 1 N–H and O–H groups in total. The summed E-state index contributed by atoms with van der Waals surface area (Å²) < 4.78 is 5.19. The van der Waals surface area contributed by atoms with Gasteiger partial charge >= 0.3 is 12.0 Å². The number of ether oxygens (including phenoxy) is 1. The number of anilines is 1. The van der Waals surface area contributed by atoms with Crippen molar-refractivity contribution >= 4 is 29.5 Å². The van der Waals surface area contributed by atoms with Crippen molar-refractivity contribution in [1.82, 2.24) is 10.2 Å².